The third-order valence-corrected chi connectivity index (χ3v) is 2.22. The maximum absolute atomic E-state index is 10.3. The van der Waals surface area contributed by atoms with Crippen molar-refractivity contribution in [1.82, 2.24) is 4.98 Å². The van der Waals surface area contributed by atoms with Crippen LogP contribution >= 0.6 is 11.3 Å². The summed E-state index contributed by atoms with van der Waals surface area (Å²) in [7, 11) is 0. The van der Waals surface area contributed by atoms with E-state index in [0.29, 0.717) is 16.6 Å². The van der Waals surface area contributed by atoms with Crippen molar-refractivity contribution in [2.75, 3.05) is 5.73 Å². The fraction of sp³-hybridized carbons (Fsp3) is 0. The second-order valence-electron chi connectivity index (χ2n) is 2.47. The van der Waals surface area contributed by atoms with E-state index >= 15 is 0 Å². The quantitative estimate of drug-likeness (QED) is 0.604. The number of nitro groups is 1. The van der Waals surface area contributed by atoms with Crippen molar-refractivity contribution < 1.29 is 9.34 Å². The minimum atomic E-state index is -0.598. The lowest BCUT2D eigenvalue weighted by atomic mass is 10.4. The van der Waals surface area contributed by atoms with Gasteiger partial charge in [0.05, 0.1) is 6.07 Å². The molecule has 0 spiro atoms. The van der Waals surface area contributed by atoms with E-state index in [0.717, 1.165) is 0 Å². The lowest BCUT2D eigenvalue weighted by Crippen LogP contribution is -1.83. The number of rotatable bonds is 2. The van der Waals surface area contributed by atoms with Gasteiger partial charge >= 0.3 is 5.88 Å². The van der Waals surface area contributed by atoms with Crippen molar-refractivity contribution >= 4 is 22.4 Å². The minimum absolute atomic E-state index is 0.299. The first-order valence-electron chi connectivity index (χ1n) is 3.62. The molecule has 0 unspecified atom stereocenters. The van der Waals surface area contributed by atoms with Gasteiger partial charge in [0.15, 0.2) is 10.9 Å². The molecule has 0 bridgehead atoms. The van der Waals surface area contributed by atoms with Gasteiger partial charge in [-0.3, -0.25) is 10.1 Å². The lowest BCUT2D eigenvalue weighted by Gasteiger charge is -1.86. The third kappa shape index (κ3) is 1.44. The Morgan fingerprint density at radius 3 is 2.86 bits per heavy atom. The molecule has 2 aromatic rings. The summed E-state index contributed by atoms with van der Waals surface area (Å²) in [4.78, 5) is 13.7. The summed E-state index contributed by atoms with van der Waals surface area (Å²) in [6.45, 7) is 0. The van der Waals surface area contributed by atoms with E-state index in [4.69, 9.17) is 10.2 Å². The monoisotopic (exact) mass is 211 g/mol. The van der Waals surface area contributed by atoms with Crippen LogP contribution in [0.25, 0.3) is 11.5 Å². The van der Waals surface area contributed by atoms with Gasteiger partial charge in [0, 0.05) is 5.38 Å². The largest absolute Gasteiger partial charge is 0.433 e. The molecular weight excluding hydrogens is 206 g/mol. The second kappa shape index (κ2) is 3.11. The van der Waals surface area contributed by atoms with Crippen LogP contribution in [-0.4, -0.2) is 9.91 Å². The molecular formula is C7H5N3O3S. The Bertz CT molecular complexity index is 476. The van der Waals surface area contributed by atoms with Crippen LogP contribution in [0.4, 0.5) is 11.0 Å². The Morgan fingerprint density at radius 1 is 1.57 bits per heavy atom. The van der Waals surface area contributed by atoms with Crippen LogP contribution in [0.3, 0.4) is 0 Å². The highest BCUT2D eigenvalue weighted by atomic mass is 32.1. The summed E-state index contributed by atoms with van der Waals surface area (Å²) in [5, 5.41) is 12.4. The molecule has 0 fully saturated rings. The summed E-state index contributed by atoms with van der Waals surface area (Å²) in [6, 6.07) is 2.78. The van der Waals surface area contributed by atoms with Crippen LogP contribution in [0, 0.1) is 10.1 Å². The fourth-order valence-corrected chi connectivity index (χ4v) is 1.52. The number of nitrogens with zero attached hydrogens (tertiary/aromatic N) is 2. The van der Waals surface area contributed by atoms with Crippen LogP contribution in [0.1, 0.15) is 0 Å². The highest BCUT2D eigenvalue weighted by molar-refractivity contribution is 7.13. The number of aromatic nitrogens is 1. The number of hydrogen-bond acceptors (Lipinski definition) is 6. The van der Waals surface area contributed by atoms with Gasteiger partial charge in [0.1, 0.15) is 10.6 Å². The molecule has 0 radical (unpaired) electrons. The molecule has 0 saturated carbocycles. The van der Waals surface area contributed by atoms with Crippen molar-refractivity contribution in [2.45, 2.75) is 0 Å². The molecule has 0 aliphatic rings. The zero-order valence-electron chi connectivity index (χ0n) is 6.84. The number of anilines is 1. The molecule has 7 heteroatoms. The first-order chi connectivity index (χ1) is 6.66. The molecule has 0 amide bonds. The van der Waals surface area contributed by atoms with E-state index < -0.39 is 4.92 Å². The molecule has 14 heavy (non-hydrogen) atoms. The molecule has 2 N–H and O–H groups in total. The van der Waals surface area contributed by atoms with Gasteiger partial charge in [-0.15, -0.1) is 11.3 Å². The molecule has 2 aromatic heterocycles. The SMILES string of the molecule is Nc1nc(-c2ccc([N+](=O)[O-])o2)cs1. The zero-order chi connectivity index (χ0) is 10.1. The van der Waals surface area contributed by atoms with E-state index in [1.54, 1.807) is 5.38 Å². The van der Waals surface area contributed by atoms with Gasteiger partial charge in [-0.25, -0.2) is 4.98 Å². The van der Waals surface area contributed by atoms with Crippen LogP contribution in [-0.2, 0) is 0 Å². The van der Waals surface area contributed by atoms with Crippen molar-refractivity contribution in [3.63, 3.8) is 0 Å². The van der Waals surface area contributed by atoms with Crippen LogP contribution < -0.4 is 5.73 Å². The molecule has 6 nitrogen and oxygen atoms in total. The van der Waals surface area contributed by atoms with E-state index in [9.17, 15) is 10.1 Å². The van der Waals surface area contributed by atoms with Crippen molar-refractivity contribution in [3.05, 3.63) is 27.6 Å². The van der Waals surface area contributed by atoms with Crippen LogP contribution in [0.2, 0.25) is 0 Å². The number of hydrogen-bond donors (Lipinski definition) is 1. The van der Waals surface area contributed by atoms with Crippen molar-refractivity contribution in [3.8, 4) is 11.5 Å². The van der Waals surface area contributed by atoms with E-state index in [1.807, 2.05) is 0 Å². The summed E-state index contributed by atoms with van der Waals surface area (Å²) in [5.74, 6) is 0.0521. The van der Waals surface area contributed by atoms with Gasteiger partial charge < -0.3 is 10.2 Å². The van der Waals surface area contributed by atoms with Gasteiger partial charge in [0.2, 0.25) is 0 Å². The molecule has 0 aliphatic carbocycles. The molecule has 2 heterocycles. The fourth-order valence-electron chi connectivity index (χ4n) is 0.964. The van der Waals surface area contributed by atoms with Gasteiger partial charge in [-0.2, -0.15) is 0 Å². The topological polar surface area (TPSA) is 95.2 Å². The molecule has 0 aliphatic heterocycles. The maximum Gasteiger partial charge on any atom is 0.433 e. The molecule has 72 valence electrons. The van der Waals surface area contributed by atoms with Crippen molar-refractivity contribution in [2.24, 2.45) is 0 Å². The first-order valence-corrected chi connectivity index (χ1v) is 4.50. The average molecular weight is 211 g/mol. The van der Waals surface area contributed by atoms with Gasteiger partial charge in [0.25, 0.3) is 0 Å². The number of furan rings is 1. The highest BCUT2D eigenvalue weighted by Crippen LogP contribution is 2.27. The Kier molecular flexibility index (Phi) is 1.93. The zero-order valence-corrected chi connectivity index (χ0v) is 7.65. The third-order valence-electron chi connectivity index (χ3n) is 1.55. The minimum Gasteiger partial charge on any atom is -0.399 e. The summed E-state index contributed by atoms with van der Waals surface area (Å²) >= 11 is 1.25. The molecule has 0 atom stereocenters. The summed E-state index contributed by atoms with van der Waals surface area (Å²) in [6.07, 6.45) is 0. The predicted molar refractivity (Wildman–Crippen MR) is 50.9 cm³/mol. The standard InChI is InChI=1S/C7H5N3O3S/c8-7-9-4(3-14-7)5-1-2-6(13-5)10(11)12/h1-3H,(H2,8,9). The molecule has 0 saturated heterocycles. The Morgan fingerprint density at radius 2 is 2.36 bits per heavy atom. The predicted octanol–water partition coefficient (Wildman–Crippen LogP) is 1.89. The Hall–Kier alpha value is -1.89. The van der Waals surface area contributed by atoms with E-state index in [2.05, 4.69) is 4.98 Å². The summed E-state index contributed by atoms with van der Waals surface area (Å²) in [5.41, 5.74) is 5.93. The molecule has 2 rings (SSSR count). The Labute approximate surface area is 82.1 Å². The van der Waals surface area contributed by atoms with Gasteiger partial charge in [-0.1, -0.05) is 0 Å². The number of nitrogen functional groups attached to an aromatic ring is 1. The lowest BCUT2D eigenvalue weighted by molar-refractivity contribution is -0.401. The average Bonchev–Trinajstić information content (AvgIpc) is 2.70. The normalized spacial score (nSPS) is 10.3. The van der Waals surface area contributed by atoms with E-state index in [-0.39, 0.29) is 5.88 Å². The number of nitrogens with two attached hydrogens (primary N) is 1. The van der Waals surface area contributed by atoms with Crippen molar-refractivity contribution in [1.29, 1.82) is 0 Å². The second-order valence-corrected chi connectivity index (χ2v) is 3.36. The highest BCUT2D eigenvalue weighted by Gasteiger charge is 2.14. The van der Waals surface area contributed by atoms with E-state index in [1.165, 1.54) is 23.5 Å². The molecule has 0 aromatic carbocycles. The maximum atomic E-state index is 10.3. The Balaban J connectivity index is 2.38. The summed E-state index contributed by atoms with van der Waals surface area (Å²) < 4.78 is 4.93. The van der Waals surface area contributed by atoms with Crippen LogP contribution in [0.15, 0.2) is 21.9 Å². The van der Waals surface area contributed by atoms with Gasteiger partial charge in [-0.05, 0) is 6.07 Å². The smallest absolute Gasteiger partial charge is 0.399 e. The number of thiazole rings is 1. The van der Waals surface area contributed by atoms with Crippen LogP contribution in [0.5, 0.6) is 0 Å². The first kappa shape index (κ1) is 8.70.